The summed E-state index contributed by atoms with van der Waals surface area (Å²) in [6.07, 6.45) is 5.92. The number of carbonyl (C=O) groups excluding carboxylic acids is 1. The summed E-state index contributed by atoms with van der Waals surface area (Å²) in [5.74, 6) is 1.41. The van der Waals surface area contributed by atoms with Crippen LogP contribution >= 0.6 is 0 Å². The molecule has 3 fully saturated rings. The maximum Gasteiger partial charge on any atom is 0.326 e. The van der Waals surface area contributed by atoms with Crippen LogP contribution in [0, 0.1) is 23.7 Å². The molecule has 1 N–H and O–H groups in total. The smallest absolute Gasteiger partial charge is 0.326 e. The van der Waals surface area contributed by atoms with E-state index in [9.17, 15) is 14.7 Å². The van der Waals surface area contributed by atoms with E-state index in [4.69, 9.17) is 0 Å². The minimum absolute atomic E-state index is 0.115. The fraction of sp³-hybridized carbons (Fsp3) is 0.867. The topological polar surface area (TPSA) is 57.6 Å². The van der Waals surface area contributed by atoms with Crippen molar-refractivity contribution in [2.45, 2.75) is 51.5 Å². The first-order chi connectivity index (χ1) is 9.10. The van der Waals surface area contributed by atoms with Gasteiger partial charge < -0.3 is 10.0 Å². The quantitative estimate of drug-likeness (QED) is 0.850. The lowest BCUT2D eigenvalue weighted by atomic mass is 9.87. The average Bonchev–Trinajstić information content (AvgIpc) is 3.03. The third-order valence-corrected chi connectivity index (χ3v) is 5.45. The van der Waals surface area contributed by atoms with Gasteiger partial charge in [-0.15, -0.1) is 0 Å². The van der Waals surface area contributed by atoms with Crippen LogP contribution in [-0.2, 0) is 9.59 Å². The Bertz CT molecular complexity index is 385. The van der Waals surface area contributed by atoms with Crippen LogP contribution in [0.4, 0.5) is 0 Å². The molecule has 0 spiro atoms. The Balaban J connectivity index is 1.67. The number of likely N-dealkylation sites (tertiary alicyclic amines) is 1. The fourth-order valence-electron chi connectivity index (χ4n) is 4.06. The van der Waals surface area contributed by atoms with E-state index in [1.807, 2.05) is 0 Å². The van der Waals surface area contributed by atoms with Gasteiger partial charge in [-0.25, -0.2) is 4.79 Å². The first-order valence-electron chi connectivity index (χ1n) is 7.63. The molecule has 1 amide bonds. The maximum absolute atomic E-state index is 12.5. The molecule has 0 bridgehead atoms. The van der Waals surface area contributed by atoms with Gasteiger partial charge in [-0.1, -0.05) is 13.3 Å². The lowest BCUT2D eigenvalue weighted by Crippen LogP contribution is -2.51. The van der Waals surface area contributed by atoms with E-state index in [2.05, 4.69) is 6.92 Å². The van der Waals surface area contributed by atoms with E-state index in [1.165, 1.54) is 6.42 Å². The number of carbonyl (C=O) groups is 2. The van der Waals surface area contributed by atoms with E-state index in [1.54, 1.807) is 4.90 Å². The first kappa shape index (κ1) is 12.9. The Labute approximate surface area is 114 Å². The van der Waals surface area contributed by atoms with Crippen LogP contribution in [0.3, 0.4) is 0 Å². The summed E-state index contributed by atoms with van der Waals surface area (Å²) in [4.78, 5) is 25.6. The molecule has 1 aliphatic heterocycles. The van der Waals surface area contributed by atoms with Crippen molar-refractivity contribution in [1.82, 2.24) is 4.90 Å². The number of hydrogen-bond donors (Lipinski definition) is 1. The second kappa shape index (κ2) is 4.80. The van der Waals surface area contributed by atoms with Crippen LogP contribution in [0.5, 0.6) is 0 Å². The van der Waals surface area contributed by atoms with Crippen LogP contribution in [0.25, 0.3) is 0 Å². The molecule has 4 nitrogen and oxygen atoms in total. The zero-order valence-electron chi connectivity index (χ0n) is 11.5. The number of piperidine rings is 1. The molecule has 1 heterocycles. The Morgan fingerprint density at radius 3 is 2.42 bits per heavy atom. The number of carboxylic acids is 1. The molecule has 19 heavy (non-hydrogen) atoms. The summed E-state index contributed by atoms with van der Waals surface area (Å²) in [5, 5.41) is 9.38. The van der Waals surface area contributed by atoms with Crippen LogP contribution in [0.1, 0.15) is 45.4 Å². The molecule has 0 aromatic carbocycles. The maximum atomic E-state index is 12.5. The molecule has 1 saturated heterocycles. The zero-order chi connectivity index (χ0) is 13.6. The molecule has 3 aliphatic rings. The zero-order valence-corrected chi connectivity index (χ0v) is 11.5. The molecular weight excluding hydrogens is 242 g/mol. The number of fused-ring (bicyclic) bond motifs is 1. The summed E-state index contributed by atoms with van der Waals surface area (Å²) < 4.78 is 0. The minimum Gasteiger partial charge on any atom is -0.480 e. The molecule has 0 radical (unpaired) electrons. The van der Waals surface area contributed by atoms with Crippen molar-refractivity contribution in [2.75, 3.05) is 6.54 Å². The van der Waals surface area contributed by atoms with Crippen molar-refractivity contribution in [2.24, 2.45) is 23.7 Å². The second-order valence-corrected chi connectivity index (χ2v) is 6.61. The summed E-state index contributed by atoms with van der Waals surface area (Å²) in [6.45, 7) is 2.74. The van der Waals surface area contributed by atoms with Gasteiger partial charge in [-0.2, -0.15) is 0 Å². The molecule has 0 aromatic heterocycles. The van der Waals surface area contributed by atoms with Crippen molar-refractivity contribution in [3.8, 4) is 0 Å². The van der Waals surface area contributed by atoms with Crippen molar-refractivity contribution in [1.29, 1.82) is 0 Å². The minimum atomic E-state index is -0.824. The van der Waals surface area contributed by atoms with Gasteiger partial charge in [-0.05, 0) is 49.9 Å². The lowest BCUT2D eigenvalue weighted by Gasteiger charge is -2.38. The number of nitrogens with zero attached hydrogens (tertiary/aromatic N) is 1. The van der Waals surface area contributed by atoms with E-state index < -0.39 is 12.0 Å². The number of rotatable bonds is 3. The van der Waals surface area contributed by atoms with E-state index in [0.29, 0.717) is 18.9 Å². The summed E-state index contributed by atoms with van der Waals surface area (Å²) in [5.41, 5.74) is 0. The van der Waals surface area contributed by atoms with Gasteiger partial charge in [-0.3, -0.25) is 4.79 Å². The Kier molecular flexibility index (Phi) is 3.27. The molecule has 4 atom stereocenters. The van der Waals surface area contributed by atoms with Crippen molar-refractivity contribution in [3.63, 3.8) is 0 Å². The van der Waals surface area contributed by atoms with E-state index in [-0.39, 0.29) is 11.8 Å². The molecule has 0 aromatic rings. The van der Waals surface area contributed by atoms with Gasteiger partial charge in [0, 0.05) is 12.5 Å². The van der Waals surface area contributed by atoms with E-state index in [0.717, 1.165) is 37.5 Å². The predicted octanol–water partition coefficient (Wildman–Crippen LogP) is 2.13. The highest BCUT2D eigenvalue weighted by molar-refractivity contribution is 5.85. The monoisotopic (exact) mass is 265 g/mol. The molecule has 2 saturated carbocycles. The molecular formula is C15H23NO3. The van der Waals surface area contributed by atoms with Gasteiger partial charge in [0.05, 0.1) is 0 Å². The van der Waals surface area contributed by atoms with Crippen molar-refractivity contribution >= 4 is 11.9 Å². The van der Waals surface area contributed by atoms with Crippen molar-refractivity contribution < 1.29 is 14.7 Å². The van der Waals surface area contributed by atoms with Gasteiger partial charge >= 0.3 is 5.97 Å². The number of amides is 1. The van der Waals surface area contributed by atoms with Crippen molar-refractivity contribution in [3.05, 3.63) is 0 Å². The second-order valence-electron chi connectivity index (χ2n) is 6.61. The highest BCUT2D eigenvalue weighted by Gasteiger charge is 2.50. The van der Waals surface area contributed by atoms with Gasteiger partial charge in [0.2, 0.25) is 5.91 Å². The van der Waals surface area contributed by atoms with Crippen LogP contribution < -0.4 is 0 Å². The summed E-state index contributed by atoms with van der Waals surface area (Å²) >= 11 is 0. The molecule has 106 valence electrons. The standard InChI is InChI=1S/C15H23NO3/c1-2-9-3-4-16(13(5-9)15(18)19)14(17)12-7-10-6-11(10)8-12/h9-13H,2-8H2,1H3,(H,18,19). The summed E-state index contributed by atoms with van der Waals surface area (Å²) in [7, 11) is 0. The third kappa shape index (κ3) is 2.37. The Morgan fingerprint density at radius 1 is 1.16 bits per heavy atom. The van der Waals surface area contributed by atoms with Crippen LogP contribution in [0.2, 0.25) is 0 Å². The normalized spacial score (nSPS) is 40.9. The Morgan fingerprint density at radius 2 is 1.84 bits per heavy atom. The van der Waals surface area contributed by atoms with Gasteiger partial charge in [0.25, 0.3) is 0 Å². The molecule has 4 unspecified atom stereocenters. The number of hydrogen-bond acceptors (Lipinski definition) is 2. The van der Waals surface area contributed by atoms with E-state index >= 15 is 0 Å². The molecule has 4 heteroatoms. The summed E-state index contributed by atoms with van der Waals surface area (Å²) in [6, 6.07) is -0.580. The van der Waals surface area contributed by atoms with Crippen LogP contribution in [-0.4, -0.2) is 34.5 Å². The molecule has 3 rings (SSSR count). The molecule has 2 aliphatic carbocycles. The van der Waals surface area contributed by atoms with Crippen LogP contribution in [0.15, 0.2) is 0 Å². The highest BCUT2D eigenvalue weighted by atomic mass is 16.4. The highest BCUT2D eigenvalue weighted by Crippen LogP contribution is 2.54. The number of carboxylic acid groups (broad SMARTS) is 1. The Hall–Kier alpha value is -1.06. The number of aliphatic carboxylic acids is 1. The predicted molar refractivity (Wildman–Crippen MR) is 70.5 cm³/mol. The SMILES string of the molecule is CCC1CCN(C(=O)C2CC3CC3C2)C(C(=O)O)C1. The fourth-order valence-corrected chi connectivity index (χ4v) is 4.06. The van der Waals surface area contributed by atoms with Gasteiger partial charge in [0.1, 0.15) is 6.04 Å². The lowest BCUT2D eigenvalue weighted by molar-refractivity contribution is -0.155. The van der Waals surface area contributed by atoms with Gasteiger partial charge in [0.15, 0.2) is 0 Å². The average molecular weight is 265 g/mol. The third-order valence-electron chi connectivity index (χ3n) is 5.45. The first-order valence-corrected chi connectivity index (χ1v) is 7.63. The largest absolute Gasteiger partial charge is 0.480 e.